The molecule has 1 N–H and O–H groups in total. The lowest BCUT2D eigenvalue weighted by Crippen LogP contribution is -2.47. The third-order valence-corrected chi connectivity index (χ3v) is 5.28. The molecule has 2 atom stereocenters. The quantitative estimate of drug-likeness (QED) is 0.783. The van der Waals surface area contributed by atoms with Crippen molar-refractivity contribution in [2.24, 2.45) is 0 Å². The Morgan fingerprint density at radius 2 is 2.12 bits per heavy atom. The number of hydrogen-bond acceptors (Lipinski definition) is 3. The van der Waals surface area contributed by atoms with Crippen LogP contribution in [0.1, 0.15) is 37.7 Å². The number of likely N-dealkylation sites (tertiary alicyclic amines) is 1. The summed E-state index contributed by atoms with van der Waals surface area (Å²) in [4.78, 5) is 14.7. The van der Waals surface area contributed by atoms with Crippen molar-refractivity contribution in [3.05, 3.63) is 48.6 Å². The fourth-order valence-electron chi connectivity index (χ4n) is 3.76. The smallest absolute Gasteiger partial charge is 0.225 e. The highest BCUT2D eigenvalue weighted by Gasteiger charge is 2.42. The zero-order chi connectivity index (χ0) is 17.0. The van der Waals surface area contributed by atoms with Gasteiger partial charge in [0.2, 0.25) is 5.91 Å². The van der Waals surface area contributed by atoms with Crippen molar-refractivity contribution in [2.75, 3.05) is 13.2 Å². The summed E-state index contributed by atoms with van der Waals surface area (Å²) in [6, 6.07) is 10.2. The molecule has 24 heavy (non-hydrogen) atoms. The van der Waals surface area contributed by atoms with Crippen LogP contribution in [0.15, 0.2) is 43.0 Å². The molecule has 4 heteroatoms. The molecule has 0 unspecified atom stereocenters. The average molecular weight is 329 g/mol. The van der Waals surface area contributed by atoms with Crippen molar-refractivity contribution >= 4 is 5.91 Å². The summed E-state index contributed by atoms with van der Waals surface area (Å²) < 4.78 is 5.91. The van der Waals surface area contributed by atoms with Gasteiger partial charge in [-0.15, -0.1) is 6.58 Å². The Bertz CT molecular complexity index is 568. The van der Waals surface area contributed by atoms with Crippen molar-refractivity contribution in [2.45, 2.75) is 56.3 Å². The first-order chi connectivity index (χ1) is 11.6. The molecule has 130 valence electrons. The lowest BCUT2D eigenvalue weighted by atomic mass is 9.77. The molecule has 0 bridgehead atoms. The van der Waals surface area contributed by atoms with E-state index in [1.54, 1.807) is 6.08 Å². The number of hydrogen-bond donors (Lipinski definition) is 1. The van der Waals surface area contributed by atoms with Gasteiger partial charge in [-0.1, -0.05) is 36.4 Å². The SMILES string of the molecule is C=CCO[C@@H]1CCN(C(=O)CC2(O)CCC2)[C@H]1Cc1ccccc1. The third kappa shape index (κ3) is 3.87. The average Bonchev–Trinajstić information content (AvgIpc) is 2.95. The van der Waals surface area contributed by atoms with E-state index in [2.05, 4.69) is 18.7 Å². The summed E-state index contributed by atoms with van der Waals surface area (Å²) in [6.45, 7) is 4.92. The normalized spacial score (nSPS) is 25.3. The lowest BCUT2D eigenvalue weighted by molar-refractivity contribution is -0.142. The molecule has 1 aromatic rings. The van der Waals surface area contributed by atoms with Crippen LogP contribution in [0.25, 0.3) is 0 Å². The second-order valence-electron chi connectivity index (χ2n) is 7.05. The Kier molecular flexibility index (Phi) is 5.36. The standard InChI is InChI=1S/C20H27NO3/c1-2-13-24-18-9-12-21(19(22)15-20(23)10-6-11-20)17(18)14-16-7-4-3-5-8-16/h2-5,7-8,17-18,23H,1,6,9-15H2/t17-,18+/m0/s1. The monoisotopic (exact) mass is 329 g/mol. The number of aliphatic hydroxyl groups is 1. The second kappa shape index (κ2) is 7.49. The third-order valence-electron chi connectivity index (χ3n) is 5.28. The predicted molar refractivity (Wildman–Crippen MR) is 93.6 cm³/mol. The van der Waals surface area contributed by atoms with Gasteiger partial charge in [0.05, 0.1) is 30.8 Å². The summed E-state index contributed by atoms with van der Waals surface area (Å²) in [5.41, 5.74) is 0.436. The number of rotatable bonds is 7. The molecule has 3 rings (SSSR count). The predicted octanol–water partition coefficient (Wildman–Crippen LogP) is 2.71. The van der Waals surface area contributed by atoms with E-state index in [4.69, 9.17) is 4.74 Å². The number of ether oxygens (including phenoxy) is 1. The molecule has 4 nitrogen and oxygen atoms in total. The van der Waals surface area contributed by atoms with Crippen LogP contribution in [0.4, 0.5) is 0 Å². The molecule has 1 aliphatic carbocycles. The summed E-state index contributed by atoms with van der Waals surface area (Å²) in [6.07, 6.45) is 6.15. The number of nitrogens with zero attached hydrogens (tertiary/aromatic N) is 1. The Morgan fingerprint density at radius 1 is 1.38 bits per heavy atom. The molecule has 1 aromatic carbocycles. The van der Waals surface area contributed by atoms with Gasteiger partial charge >= 0.3 is 0 Å². The molecule has 1 saturated carbocycles. The zero-order valence-corrected chi connectivity index (χ0v) is 14.2. The van der Waals surface area contributed by atoms with Crippen molar-refractivity contribution in [1.29, 1.82) is 0 Å². The Hall–Kier alpha value is -1.65. The van der Waals surface area contributed by atoms with Crippen LogP contribution in [0.2, 0.25) is 0 Å². The molecule has 2 aliphatic rings. The molecule has 0 radical (unpaired) electrons. The van der Waals surface area contributed by atoms with Gasteiger partial charge in [0.25, 0.3) is 0 Å². The van der Waals surface area contributed by atoms with E-state index >= 15 is 0 Å². The van der Waals surface area contributed by atoms with Crippen molar-refractivity contribution in [1.82, 2.24) is 4.90 Å². The van der Waals surface area contributed by atoms with Crippen LogP contribution in [-0.4, -0.2) is 46.8 Å². The summed E-state index contributed by atoms with van der Waals surface area (Å²) in [7, 11) is 0. The number of carbonyl (C=O) groups excluding carboxylic acids is 1. The topological polar surface area (TPSA) is 49.8 Å². The van der Waals surface area contributed by atoms with Crippen LogP contribution < -0.4 is 0 Å². The first-order valence-corrected chi connectivity index (χ1v) is 8.89. The largest absolute Gasteiger partial charge is 0.389 e. The Balaban J connectivity index is 1.70. The van der Waals surface area contributed by atoms with Gasteiger partial charge in [-0.05, 0) is 37.7 Å². The molecule has 1 aliphatic heterocycles. The van der Waals surface area contributed by atoms with Gasteiger partial charge in [0.15, 0.2) is 0 Å². The summed E-state index contributed by atoms with van der Waals surface area (Å²) in [5, 5.41) is 10.3. The molecular weight excluding hydrogens is 302 g/mol. The van der Waals surface area contributed by atoms with Crippen LogP contribution in [0.3, 0.4) is 0 Å². The van der Waals surface area contributed by atoms with E-state index in [-0.39, 0.29) is 24.5 Å². The Morgan fingerprint density at radius 3 is 2.75 bits per heavy atom. The van der Waals surface area contributed by atoms with Crippen LogP contribution >= 0.6 is 0 Å². The molecule has 1 amide bonds. The van der Waals surface area contributed by atoms with Gasteiger partial charge in [-0.3, -0.25) is 4.79 Å². The first-order valence-electron chi connectivity index (χ1n) is 8.89. The highest BCUT2D eigenvalue weighted by Crippen LogP contribution is 2.36. The summed E-state index contributed by atoms with van der Waals surface area (Å²) in [5.74, 6) is 0.0582. The van der Waals surface area contributed by atoms with Crippen LogP contribution in [0.5, 0.6) is 0 Å². The highest BCUT2D eigenvalue weighted by atomic mass is 16.5. The minimum Gasteiger partial charge on any atom is -0.389 e. The first kappa shape index (κ1) is 17.2. The van der Waals surface area contributed by atoms with Gasteiger partial charge in [-0.2, -0.15) is 0 Å². The van der Waals surface area contributed by atoms with E-state index in [1.165, 1.54) is 5.56 Å². The molecule has 1 saturated heterocycles. The fourth-order valence-corrected chi connectivity index (χ4v) is 3.76. The minimum atomic E-state index is -0.769. The molecular formula is C20H27NO3. The number of benzene rings is 1. The maximum absolute atomic E-state index is 12.8. The fraction of sp³-hybridized carbons (Fsp3) is 0.550. The molecule has 0 spiro atoms. The van der Waals surface area contributed by atoms with Gasteiger partial charge in [-0.25, -0.2) is 0 Å². The molecule has 1 heterocycles. The van der Waals surface area contributed by atoms with E-state index in [0.717, 1.165) is 32.1 Å². The van der Waals surface area contributed by atoms with Crippen molar-refractivity contribution in [3.8, 4) is 0 Å². The molecule has 0 aromatic heterocycles. The van der Waals surface area contributed by atoms with E-state index in [0.29, 0.717) is 13.2 Å². The lowest BCUT2D eigenvalue weighted by Gasteiger charge is -2.38. The van der Waals surface area contributed by atoms with Gasteiger partial charge in [0.1, 0.15) is 0 Å². The number of amides is 1. The van der Waals surface area contributed by atoms with Gasteiger partial charge < -0.3 is 14.7 Å². The van der Waals surface area contributed by atoms with Crippen LogP contribution in [-0.2, 0) is 16.0 Å². The summed E-state index contributed by atoms with van der Waals surface area (Å²) >= 11 is 0. The van der Waals surface area contributed by atoms with E-state index in [1.807, 2.05) is 23.1 Å². The van der Waals surface area contributed by atoms with Gasteiger partial charge in [0, 0.05) is 6.54 Å². The maximum Gasteiger partial charge on any atom is 0.225 e. The maximum atomic E-state index is 12.8. The zero-order valence-electron chi connectivity index (χ0n) is 14.2. The van der Waals surface area contributed by atoms with Crippen molar-refractivity contribution < 1.29 is 14.6 Å². The molecule has 2 fully saturated rings. The minimum absolute atomic E-state index is 0.0307. The van der Waals surface area contributed by atoms with E-state index < -0.39 is 5.60 Å². The number of carbonyl (C=O) groups is 1. The Labute approximate surface area is 144 Å². The van der Waals surface area contributed by atoms with Crippen molar-refractivity contribution in [3.63, 3.8) is 0 Å². The second-order valence-corrected chi connectivity index (χ2v) is 7.05. The highest BCUT2D eigenvalue weighted by molar-refractivity contribution is 5.78. The van der Waals surface area contributed by atoms with E-state index in [9.17, 15) is 9.90 Å². The van der Waals surface area contributed by atoms with Crippen LogP contribution in [0, 0.1) is 0 Å².